The largest absolute Gasteiger partial charge is 0.382 e. The number of likely N-dealkylation sites (tertiary alicyclic amines) is 1. The van der Waals surface area contributed by atoms with Crippen LogP contribution in [0.1, 0.15) is 55.6 Å². The van der Waals surface area contributed by atoms with Crippen LogP contribution in [-0.2, 0) is 0 Å². The highest BCUT2D eigenvalue weighted by molar-refractivity contribution is 7.18. The van der Waals surface area contributed by atoms with Crippen molar-refractivity contribution in [1.29, 1.82) is 0 Å². The molecule has 1 aliphatic rings. The average molecular weight is 310 g/mol. The van der Waals surface area contributed by atoms with Crippen LogP contribution >= 0.6 is 11.3 Å². The molecule has 1 unspecified atom stereocenters. The van der Waals surface area contributed by atoms with E-state index in [2.05, 4.69) is 23.7 Å². The van der Waals surface area contributed by atoms with Gasteiger partial charge in [0.2, 0.25) is 0 Å². The van der Waals surface area contributed by atoms with Gasteiger partial charge in [0.25, 0.3) is 5.91 Å². The molecule has 1 aromatic rings. The Balaban J connectivity index is 2.18. The number of hydrogen-bond donors (Lipinski definition) is 1. The molecule has 6 heteroatoms. The molecule has 2 N–H and O–H groups in total. The van der Waals surface area contributed by atoms with E-state index >= 15 is 0 Å². The molecule has 2 rings (SSSR count). The number of rotatable bonds is 5. The molecular formula is C15H26N4OS. The van der Waals surface area contributed by atoms with Gasteiger partial charge in [0, 0.05) is 26.2 Å². The topological polar surface area (TPSA) is 62.5 Å². The van der Waals surface area contributed by atoms with E-state index in [1.165, 1.54) is 17.8 Å². The van der Waals surface area contributed by atoms with Gasteiger partial charge in [0.1, 0.15) is 10.7 Å². The molecule has 1 fully saturated rings. The number of nitrogens with zero attached hydrogens (tertiary/aromatic N) is 3. The number of thiazole rings is 1. The molecule has 1 atom stereocenters. The van der Waals surface area contributed by atoms with E-state index in [0.717, 1.165) is 43.9 Å². The molecule has 0 aliphatic carbocycles. The summed E-state index contributed by atoms with van der Waals surface area (Å²) in [5, 5.41) is 0.836. The molecule has 5 nitrogen and oxygen atoms in total. The smallest absolute Gasteiger partial charge is 0.268 e. The molecule has 0 saturated carbocycles. The van der Waals surface area contributed by atoms with Gasteiger partial charge in [-0.2, -0.15) is 0 Å². The van der Waals surface area contributed by atoms with Crippen LogP contribution in [0.5, 0.6) is 0 Å². The number of amides is 1. The molecule has 1 aromatic heterocycles. The fourth-order valence-corrected chi connectivity index (χ4v) is 3.82. The number of piperidine rings is 1. The van der Waals surface area contributed by atoms with E-state index in [4.69, 9.17) is 5.73 Å². The first kappa shape index (κ1) is 16.1. The Labute approximate surface area is 131 Å². The number of aromatic nitrogens is 1. The number of carbonyl (C=O) groups is 1. The Morgan fingerprint density at radius 1 is 1.48 bits per heavy atom. The predicted molar refractivity (Wildman–Crippen MR) is 89.1 cm³/mol. The second kappa shape index (κ2) is 7.11. The third-order valence-electron chi connectivity index (χ3n) is 4.08. The summed E-state index contributed by atoms with van der Waals surface area (Å²) in [7, 11) is 1.99. The highest BCUT2D eigenvalue weighted by Gasteiger charge is 2.29. The van der Waals surface area contributed by atoms with E-state index in [1.807, 2.05) is 11.9 Å². The molecule has 21 heavy (non-hydrogen) atoms. The second-order valence-electron chi connectivity index (χ2n) is 5.69. The highest BCUT2D eigenvalue weighted by Crippen LogP contribution is 2.31. The zero-order valence-electron chi connectivity index (χ0n) is 13.3. The maximum atomic E-state index is 12.8. The zero-order valence-corrected chi connectivity index (χ0v) is 14.1. The highest BCUT2D eigenvalue weighted by atomic mass is 32.1. The lowest BCUT2D eigenvalue weighted by atomic mass is 10.00. The maximum Gasteiger partial charge on any atom is 0.268 e. The van der Waals surface area contributed by atoms with E-state index in [-0.39, 0.29) is 5.91 Å². The van der Waals surface area contributed by atoms with Crippen LogP contribution in [-0.4, -0.2) is 42.0 Å². The number of nitrogens with two attached hydrogens (primary N) is 1. The fourth-order valence-electron chi connectivity index (χ4n) is 2.89. The van der Waals surface area contributed by atoms with Crippen LogP contribution in [0.2, 0.25) is 0 Å². The monoisotopic (exact) mass is 310 g/mol. The first-order valence-corrected chi connectivity index (χ1v) is 8.68. The number of hydrogen-bond acceptors (Lipinski definition) is 5. The Hall–Kier alpha value is -1.30. The standard InChI is InChI=1S/C15H26N4OS/c1-4-9-18(3)15-17-13(16)12(21-15)14(20)19-10-7-6-8-11(19)5-2/h11H,4-10,16H2,1-3H3. The molecule has 1 saturated heterocycles. The van der Waals surface area contributed by atoms with Crippen molar-refractivity contribution >= 4 is 28.2 Å². The summed E-state index contributed by atoms with van der Waals surface area (Å²) in [6.45, 7) is 6.03. The van der Waals surface area contributed by atoms with Crippen molar-refractivity contribution in [1.82, 2.24) is 9.88 Å². The van der Waals surface area contributed by atoms with Crippen LogP contribution in [0.4, 0.5) is 10.9 Å². The lowest BCUT2D eigenvalue weighted by Gasteiger charge is -2.35. The Morgan fingerprint density at radius 2 is 2.24 bits per heavy atom. The summed E-state index contributed by atoms with van der Waals surface area (Å²) in [6.07, 6.45) is 5.45. The van der Waals surface area contributed by atoms with Crippen LogP contribution in [0.3, 0.4) is 0 Å². The lowest BCUT2D eigenvalue weighted by Crippen LogP contribution is -2.43. The minimum atomic E-state index is 0.0627. The van der Waals surface area contributed by atoms with Gasteiger partial charge < -0.3 is 15.5 Å². The lowest BCUT2D eigenvalue weighted by molar-refractivity contribution is 0.0614. The first-order chi connectivity index (χ1) is 10.1. The van der Waals surface area contributed by atoms with E-state index in [1.54, 1.807) is 0 Å². The molecule has 118 valence electrons. The molecule has 0 spiro atoms. The van der Waals surface area contributed by atoms with E-state index in [9.17, 15) is 4.79 Å². The van der Waals surface area contributed by atoms with Gasteiger partial charge in [-0.25, -0.2) is 4.98 Å². The molecular weight excluding hydrogens is 284 g/mol. The van der Waals surface area contributed by atoms with Crippen LogP contribution in [0.25, 0.3) is 0 Å². The maximum absolute atomic E-state index is 12.8. The molecule has 0 bridgehead atoms. The van der Waals surface area contributed by atoms with Crippen LogP contribution in [0, 0.1) is 0 Å². The van der Waals surface area contributed by atoms with Crippen LogP contribution < -0.4 is 10.6 Å². The molecule has 0 aromatic carbocycles. The van der Waals surface area contributed by atoms with Crippen LogP contribution in [0.15, 0.2) is 0 Å². The van der Waals surface area contributed by atoms with Gasteiger partial charge in [-0.15, -0.1) is 0 Å². The van der Waals surface area contributed by atoms with Crippen molar-refractivity contribution < 1.29 is 4.79 Å². The van der Waals surface area contributed by atoms with E-state index < -0.39 is 0 Å². The van der Waals surface area contributed by atoms with Gasteiger partial charge in [-0.05, 0) is 32.1 Å². The zero-order chi connectivity index (χ0) is 15.4. The summed E-state index contributed by atoms with van der Waals surface area (Å²) in [4.78, 5) is 21.8. The van der Waals surface area contributed by atoms with Crippen molar-refractivity contribution in [3.05, 3.63) is 4.88 Å². The SMILES string of the molecule is CCCN(C)c1nc(N)c(C(=O)N2CCCCC2CC)s1. The summed E-state index contributed by atoms with van der Waals surface area (Å²) >= 11 is 1.42. The van der Waals surface area contributed by atoms with Crippen molar-refractivity contribution in [2.45, 2.75) is 52.0 Å². The average Bonchev–Trinajstić information content (AvgIpc) is 2.89. The van der Waals surface area contributed by atoms with Crippen molar-refractivity contribution in [2.24, 2.45) is 0 Å². The Kier molecular flexibility index (Phi) is 5.45. The first-order valence-electron chi connectivity index (χ1n) is 7.86. The summed E-state index contributed by atoms with van der Waals surface area (Å²) < 4.78 is 0. The normalized spacial score (nSPS) is 18.8. The van der Waals surface area contributed by atoms with Crippen molar-refractivity contribution in [2.75, 3.05) is 30.8 Å². The molecule has 1 amide bonds. The summed E-state index contributed by atoms with van der Waals surface area (Å²) in [5.41, 5.74) is 5.99. The minimum Gasteiger partial charge on any atom is -0.382 e. The van der Waals surface area contributed by atoms with Gasteiger partial charge in [0.15, 0.2) is 5.13 Å². The number of anilines is 2. The van der Waals surface area contributed by atoms with Gasteiger partial charge >= 0.3 is 0 Å². The van der Waals surface area contributed by atoms with Gasteiger partial charge in [0.05, 0.1) is 0 Å². The molecule has 1 aliphatic heterocycles. The number of nitrogen functional groups attached to an aromatic ring is 1. The quantitative estimate of drug-likeness (QED) is 0.908. The van der Waals surface area contributed by atoms with Crippen molar-refractivity contribution in [3.63, 3.8) is 0 Å². The van der Waals surface area contributed by atoms with Gasteiger partial charge in [-0.3, -0.25) is 4.79 Å². The Bertz CT molecular complexity index is 488. The minimum absolute atomic E-state index is 0.0627. The summed E-state index contributed by atoms with van der Waals surface area (Å²) in [6, 6.07) is 0.351. The summed E-state index contributed by atoms with van der Waals surface area (Å²) in [5.74, 6) is 0.441. The Morgan fingerprint density at radius 3 is 2.90 bits per heavy atom. The number of carbonyl (C=O) groups excluding carboxylic acids is 1. The third kappa shape index (κ3) is 3.48. The fraction of sp³-hybridized carbons (Fsp3) is 0.733. The third-order valence-corrected chi connectivity index (χ3v) is 5.25. The molecule has 2 heterocycles. The van der Waals surface area contributed by atoms with Crippen molar-refractivity contribution in [3.8, 4) is 0 Å². The molecule has 0 radical (unpaired) electrons. The van der Waals surface area contributed by atoms with Gasteiger partial charge in [-0.1, -0.05) is 25.2 Å². The predicted octanol–water partition coefficient (Wildman–Crippen LogP) is 2.98. The van der Waals surface area contributed by atoms with E-state index in [0.29, 0.717) is 16.7 Å². The second-order valence-corrected chi connectivity index (χ2v) is 6.67.